The largest absolute Gasteiger partial charge is 0.443 e. The van der Waals surface area contributed by atoms with Crippen LogP contribution in [0.3, 0.4) is 0 Å². The monoisotopic (exact) mass is 689 g/mol. The van der Waals surface area contributed by atoms with E-state index in [1.807, 2.05) is 35.9 Å². The van der Waals surface area contributed by atoms with Crippen molar-refractivity contribution in [3.8, 4) is 11.1 Å². The molecule has 0 atom stereocenters. The zero-order chi connectivity index (χ0) is 36.5. The lowest BCUT2D eigenvalue weighted by Gasteiger charge is -2.28. The molecule has 1 fully saturated rings. The lowest BCUT2D eigenvalue weighted by Crippen LogP contribution is -2.44. The SMILES string of the molecule is CCn1cc(-c2ccc(NC(=O)NCc3ccc(N(C(=O)OC(C)(C)C)C(=O)OC(C)(C)C)nc3)cc2)cc1C(=O)NCCN1CCCCC1. The second kappa shape index (κ2) is 16.7. The normalized spacial score (nSPS) is 13.7. The van der Waals surface area contributed by atoms with Crippen LogP contribution >= 0.6 is 0 Å². The molecule has 0 bridgehead atoms. The third-order valence-corrected chi connectivity index (χ3v) is 7.75. The highest BCUT2D eigenvalue weighted by atomic mass is 16.6. The summed E-state index contributed by atoms with van der Waals surface area (Å²) in [5, 5.41) is 8.67. The number of hydrogen-bond acceptors (Lipinski definition) is 8. The molecule has 1 saturated heterocycles. The van der Waals surface area contributed by atoms with Crippen LogP contribution in [0.5, 0.6) is 0 Å². The van der Waals surface area contributed by atoms with Gasteiger partial charge in [0.15, 0.2) is 0 Å². The van der Waals surface area contributed by atoms with Crippen LogP contribution in [0.2, 0.25) is 0 Å². The molecule has 0 saturated carbocycles. The molecule has 3 heterocycles. The number of imide groups is 1. The number of aromatic nitrogens is 2. The smallest absolute Gasteiger partial charge is 0.425 e. The van der Waals surface area contributed by atoms with E-state index >= 15 is 0 Å². The van der Waals surface area contributed by atoms with Crippen molar-refractivity contribution in [2.45, 2.75) is 92.0 Å². The highest BCUT2D eigenvalue weighted by Crippen LogP contribution is 2.25. The van der Waals surface area contributed by atoms with Gasteiger partial charge in [-0.3, -0.25) is 4.79 Å². The average Bonchev–Trinajstić information content (AvgIpc) is 3.48. The highest BCUT2D eigenvalue weighted by Gasteiger charge is 2.33. The Labute approximate surface area is 294 Å². The quantitative estimate of drug-likeness (QED) is 0.211. The zero-order valence-corrected chi connectivity index (χ0v) is 30.3. The standard InChI is InChI=1S/C37H51N7O6/c1-8-43-25-28(22-30(43)32(45)38-18-21-42-19-10-9-11-20-42)27-13-15-29(16-14-27)41-33(46)40-24-26-12-17-31(39-23-26)44(34(47)49-36(2,3)4)35(48)50-37(5,6)7/h12-17,22-23,25H,8-11,18-21,24H2,1-7H3,(H,38,45)(H2,40,41,46). The fraction of sp³-hybridized carbons (Fsp3) is 0.486. The molecule has 4 rings (SSSR count). The van der Waals surface area contributed by atoms with Crippen molar-refractivity contribution in [1.82, 2.24) is 25.1 Å². The lowest BCUT2D eigenvalue weighted by atomic mass is 10.1. The minimum atomic E-state index is -0.914. The van der Waals surface area contributed by atoms with Crippen molar-refractivity contribution in [2.75, 3.05) is 36.4 Å². The molecule has 1 aliphatic heterocycles. The molecule has 3 aromatic rings. The molecule has 1 aliphatic rings. The molecule has 0 unspecified atom stereocenters. The van der Waals surface area contributed by atoms with Crippen molar-refractivity contribution >= 4 is 35.6 Å². The zero-order valence-electron chi connectivity index (χ0n) is 30.3. The Balaban J connectivity index is 1.31. The number of piperidine rings is 1. The first kappa shape index (κ1) is 37.9. The number of urea groups is 1. The van der Waals surface area contributed by atoms with Crippen molar-refractivity contribution in [3.63, 3.8) is 0 Å². The summed E-state index contributed by atoms with van der Waals surface area (Å²) in [6, 6.07) is 12.0. The number of carbonyl (C=O) groups excluding carboxylic acids is 4. The Hall–Kier alpha value is -4.91. The summed E-state index contributed by atoms with van der Waals surface area (Å²) in [7, 11) is 0. The Bertz CT molecular complexity index is 1590. The minimum absolute atomic E-state index is 0.0247. The van der Waals surface area contributed by atoms with Crippen LogP contribution in [0.4, 0.5) is 25.9 Å². The summed E-state index contributed by atoms with van der Waals surface area (Å²) in [5.74, 6) is -0.0602. The fourth-order valence-corrected chi connectivity index (χ4v) is 5.36. The number of nitrogens with one attached hydrogen (secondary N) is 3. The number of rotatable bonds is 10. The van der Waals surface area contributed by atoms with E-state index in [2.05, 4.69) is 25.8 Å². The van der Waals surface area contributed by atoms with Gasteiger partial charge in [0, 0.05) is 49.8 Å². The van der Waals surface area contributed by atoms with E-state index in [4.69, 9.17) is 9.47 Å². The van der Waals surface area contributed by atoms with Gasteiger partial charge in [-0.15, -0.1) is 0 Å². The maximum atomic E-state index is 13.0. The van der Waals surface area contributed by atoms with E-state index in [1.165, 1.54) is 31.5 Å². The average molecular weight is 690 g/mol. The molecular weight excluding hydrogens is 638 g/mol. The Morgan fingerprint density at radius 2 is 1.48 bits per heavy atom. The number of anilines is 2. The predicted molar refractivity (Wildman–Crippen MR) is 193 cm³/mol. The number of benzene rings is 1. The van der Waals surface area contributed by atoms with Crippen molar-refractivity contribution in [3.05, 3.63) is 66.1 Å². The molecule has 13 nitrogen and oxygen atoms in total. The Kier molecular flexibility index (Phi) is 12.6. The molecule has 0 aliphatic carbocycles. The first-order valence-corrected chi connectivity index (χ1v) is 17.2. The molecule has 3 N–H and O–H groups in total. The van der Waals surface area contributed by atoms with Crippen LogP contribution in [0, 0.1) is 0 Å². The predicted octanol–water partition coefficient (Wildman–Crippen LogP) is 6.78. The summed E-state index contributed by atoms with van der Waals surface area (Å²) in [6.07, 6.45) is 5.32. The highest BCUT2D eigenvalue weighted by molar-refractivity contribution is 6.08. The van der Waals surface area contributed by atoms with E-state index in [0.717, 1.165) is 35.7 Å². The lowest BCUT2D eigenvalue weighted by molar-refractivity contribution is 0.0428. The van der Waals surface area contributed by atoms with Gasteiger partial charge in [0.2, 0.25) is 0 Å². The van der Waals surface area contributed by atoms with Gasteiger partial charge in [0.05, 0.1) is 0 Å². The molecule has 2 aromatic heterocycles. The van der Waals surface area contributed by atoms with Crippen LogP contribution in [0.25, 0.3) is 11.1 Å². The number of likely N-dealkylation sites (tertiary alicyclic amines) is 1. The maximum Gasteiger partial charge on any atom is 0.425 e. The van der Waals surface area contributed by atoms with Crippen molar-refractivity contribution < 1.29 is 28.7 Å². The van der Waals surface area contributed by atoms with E-state index < -0.39 is 29.4 Å². The second-order valence-corrected chi connectivity index (χ2v) is 14.3. The van der Waals surface area contributed by atoms with Crippen LogP contribution in [-0.2, 0) is 22.6 Å². The maximum absolute atomic E-state index is 13.0. The summed E-state index contributed by atoms with van der Waals surface area (Å²) >= 11 is 0. The van der Waals surface area contributed by atoms with Gasteiger partial charge >= 0.3 is 18.2 Å². The molecule has 270 valence electrons. The number of hydrogen-bond donors (Lipinski definition) is 3. The molecule has 50 heavy (non-hydrogen) atoms. The van der Waals surface area contributed by atoms with Crippen LogP contribution in [0.15, 0.2) is 54.9 Å². The third-order valence-electron chi connectivity index (χ3n) is 7.75. The number of amides is 5. The van der Waals surface area contributed by atoms with E-state index in [-0.39, 0.29) is 18.3 Å². The van der Waals surface area contributed by atoms with Crippen molar-refractivity contribution in [1.29, 1.82) is 0 Å². The van der Waals surface area contributed by atoms with Crippen LogP contribution in [0.1, 0.15) is 83.8 Å². The topological polar surface area (TPSA) is 147 Å². The molecule has 13 heteroatoms. The summed E-state index contributed by atoms with van der Waals surface area (Å²) in [5.41, 5.74) is 2.00. The first-order valence-electron chi connectivity index (χ1n) is 17.2. The molecule has 1 aromatic carbocycles. The first-order chi connectivity index (χ1) is 23.6. The van der Waals surface area contributed by atoms with Gasteiger partial charge in [0.1, 0.15) is 22.7 Å². The summed E-state index contributed by atoms with van der Waals surface area (Å²) < 4.78 is 12.7. The van der Waals surface area contributed by atoms with Crippen molar-refractivity contribution in [2.24, 2.45) is 0 Å². The minimum Gasteiger partial charge on any atom is -0.443 e. The number of nitrogens with zero attached hydrogens (tertiary/aromatic N) is 4. The Morgan fingerprint density at radius 1 is 0.840 bits per heavy atom. The number of carbonyl (C=O) groups is 4. The van der Waals surface area contributed by atoms with Crippen LogP contribution < -0.4 is 20.9 Å². The fourth-order valence-electron chi connectivity index (χ4n) is 5.36. The second-order valence-electron chi connectivity index (χ2n) is 14.3. The van der Waals surface area contributed by atoms with Gasteiger partial charge in [-0.1, -0.05) is 24.6 Å². The molecular formula is C37H51N7O6. The molecule has 0 radical (unpaired) electrons. The van der Waals surface area contributed by atoms with Gasteiger partial charge in [0.25, 0.3) is 5.91 Å². The van der Waals surface area contributed by atoms with Crippen LogP contribution in [-0.4, -0.2) is 76.0 Å². The number of pyridine rings is 1. The van der Waals surface area contributed by atoms with E-state index in [0.29, 0.717) is 30.0 Å². The Morgan fingerprint density at radius 3 is 2.04 bits per heavy atom. The number of ether oxygens (including phenoxy) is 2. The summed E-state index contributed by atoms with van der Waals surface area (Å²) in [6.45, 7) is 16.7. The third kappa shape index (κ3) is 11.3. The number of aryl methyl sites for hydroxylation is 1. The van der Waals surface area contributed by atoms with Gasteiger partial charge in [-0.25, -0.2) is 19.4 Å². The summed E-state index contributed by atoms with van der Waals surface area (Å²) in [4.78, 5) is 58.8. The van der Waals surface area contributed by atoms with E-state index in [9.17, 15) is 19.2 Å². The van der Waals surface area contributed by atoms with Gasteiger partial charge < -0.3 is 34.9 Å². The van der Waals surface area contributed by atoms with E-state index in [1.54, 1.807) is 59.7 Å². The molecule has 0 spiro atoms. The van der Waals surface area contributed by atoms with Gasteiger partial charge in [-0.2, -0.15) is 4.90 Å². The van der Waals surface area contributed by atoms with Gasteiger partial charge in [-0.05, 0) is 110 Å². The molecule has 5 amide bonds.